The van der Waals surface area contributed by atoms with E-state index in [1.165, 1.54) is 7.11 Å². The van der Waals surface area contributed by atoms with E-state index in [1.54, 1.807) is 0 Å². The SMILES string of the molecule is COc1cc(C(F)F)nc(N)c1CCl. The number of methoxy groups -OCH3 is 1. The Hall–Kier alpha value is -1.10. The Bertz CT molecular complexity index is 333. The number of nitrogens with zero attached hydrogens (tertiary/aromatic N) is 1. The number of alkyl halides is 3. The quantitative estimate of drug-likeness (QED) is 0.799. The number of hydrogen-bond acceptors (Lipinski definition) is 3. The third kappa shape index (κ3) is 2.04. The Labute approximate surface area is 84.8 Å². The van der Waals surface area contributed by atoms with Crippen molar-refractivity contribution in [3.05, 3.63) is 17.3 Å². The number of anilines is 1. The summed E-state index contributed by atoms with van der Waals surface area (Å²) in [4.78, 5) is 3.52. The van der Waals surface area contributed by atoms with Gasteiger partial charge in [-0.05, 0) is 0 Å². The topological polar surface area (TPSA) is 48.1 Å². The van der Waals surface area contributed by atoms with E-state index in [-0.39, 0.29) is 17.4 Å². The van der Waals surface area contributed by atoms with Crippen LogP contribution in [-0.2, 0) is 5.88 Å². The van der Waals surface area contributed by atoms with Crippen LogP contribution in [0.25, 0.3) is 0 Å². The first-order chi connectivity index (χ1) is 6.60. The first-order valence-electron chi connectivity index (χ1n) is 3.77. The van der Waals surface area contributed by atoms with Gasteiger partial charge in [0, 0.05) is 6.07 Å². The van der Waals surface area contributed by atoms with Gasteiger partial charge in [-0.25, -0.2) is 13.8 Å². The highest BCUT2D eigenvalue weighted by atomic mass is 35.5. The molecule has 0 aliphatic carbocycles. The third-order valence-corrected chi connectivity index (χ3v) is 1.98. The lowest BCUT2D eigenvalue weighted by molar-refractivity contribution is 0.146. The molecule has 0 unspecified atom stereocenters. The van der Waals surface area contributed by atoms with Crippen LogP contribution >= 0.6 is 11.6 Å². The Morgan fingerprint density at radius 1 is 1.64 bits per heavy atom. The van der Waals surface area contributed by atoms with Crippen molar-refractivity contribution in [2.75, 3.05) is 12.8 Å². The van der Waals surface area contributed by atoms with E-state index in [9.17, 15) is 8.78 Å². The van der Waals surface area contributed by atoms with Gasteiger partial charge < -0.3 is 10.5 Å². The molecule has 78 valence electrons. The molecule has 0 amide bonds. The van der Waals surface area contributed by atoms with Gasteiger partial charge in [0.1, 0.15) is 17.3 Å². The molecular weight excluding hydrogens is 214 g/mol. The lowest BCUT2D eigenvalue weighted by atomic mass is 10.2. The maximum atomic E-state index is 12.3. The van der Waals surface area contributed by atoms with E-state index in [4.69, 9.17) is 22.1 Å². The second kappa shape index (κ2) is 4.41. The van der Waals surface area contributed by atoms with Crippen LogP contribution in [0.4, 0.5) is 14.6 Å². The van der Waals surface area contributed by atoms with Gasteiger partial charge in [-0.1, -0.05) is 0 Å². The molecule has 0 aliphatic heterocycles. The number of nitrogens with two attached hydrogens (primary N) is 1. The molecule has 0 atom stereocenters. The molecule has 0 radical (unpaired) electrons. The number of pyridine rings is 1. The van der Waals surface area contributed by atoms with E-state index in [0.717, 1.165) is 6.07 Å². The summed E-state index contributed by atoms with van der Waals surface area (Å²) >= 11 is 5.56. The fourth-order valence-electron chi connectivity index (χ4n) is 1.01. The fraction of sp³-hybridized carbons (Fsp3) is 0.375. The van der Waals surface area contributed by atoms with Gasteiger partial charge in [0.25, 0.3) is 6.43 Å². The van der Waals surface area contributed by atoms with Crippen LogP contribution in [0.1, 0.15) is 17.7 Å². The highest BCUT2D eigenvalue weighted by Gasteiger charge is 2.15. The van der Waals surface area contributed by atoms with Crippen molar-refractivity contribution in [3.8, 4) is 5.75 Å². The van der Waals surface area contributed by atoms with Crippen LogP contribution in [-0.4, -0.2) is 12.1 Å². The molecule has 0 spiro atoms. The Balaban J connectivity index is 3.24. The summed E-state index contributed by atoms with van der Waals surface area (Å²) in [6.45, 7) is 0. The molecule has 1 aromatic rings. The number of aromatic nitrogens is 1. The minimum Gasteiger partial charge on any atom is -0.496 e. The average Bonchev–Trinajstić information content (AvgIpc) is 2.16. The number of halogens is 3. The van der Waals surface area contributed by atoms with Crippen molar-refractivity contribution in [3.63, 3.8) is 0 Å². The number of hydrogen-bond donors (Lipinski definition) is 1. The van der Waals surface area contributed by atoms with Gasteiger partial charge in [-0.15, -0.1) is 11.6 Å². The van der Waals surface area contributed by atoms with E-state index < -0.39 is 12.1 Å². The minimum absolute atomic E-state index is 0.0188. The first kappa shape index (κ1) is 11.0. The van der Waals surface area contributed by atoms with Crippen LogP contribution in [0.5, 0.6) is 5.75 Å². The van der Waals surface area contributed by atoms with E-state index >= 15 is 0 Å². The molecular formula is C8H9ClF2N2O. The van der Waals surface area contributed by atoms with Crippen molar-refractivity contribution >= 4 is 17.4 Å². The molecule has 1 rings (SSSR count). The van der Waals surface area contributed by atoms with Crippen LogP contribution in [0.15, 0.2) is 6.07 Å². The molecule has 2 N–H and O–H groups in total. The third-order valence-electron chi connectivity index (χ3n) is 1.71. The van der Waals surface area contributed by atoms with Crippen molar-refractivity contribution in [2.24, 2.45) is 0 Å². The van der Waals surface area contributed by atoms with Gasteiger partial charge >= 0.3 is 0 Å². The normalized spacial score (nSPS) is 10.6. The second-order valence-electron chi connectivity index (χ2n) is 2.55. The monoisotopic (exact) mass is 222 g/mol. The molecule has 1 heterocycles. The summed E-state index contributed by atoms with van der Waals surface area (Å²) in [5.74, 6) is 0.295. The second-order valence-corrected chi connectivity index (χ2v) is 2.81. The van der Waals surface area contributed by atoms with Crippen molar-refractivity contribution < 1.29 is 13.5 Å². The van der Waals surface area contributed by atoms with Gasteiger partial charge in [-0.2, -0.15) is 0 Å². The lowest BCUT2D eigenvalue weighted by Crippen LogP contribution is -2.03. The van der Waals surface area contributed by atoms with Crippen molar-refractivity contribution in [1.82, 2.24) is 4.98 Å². The first-order valence-corrected chi connectivity index (χ1v) is 4.31. The summed E-state index contributed by atoms with van der Waals surface area (Å²) in [7, 11) is 1.36. The van der Waals surface area contributed by atoms with Gasteiger partial charge in [0.2, 0.25) is 0 Å². The van der Waals surface area contributed by atoms with E-state index in [2.05, 4.69) is 4.98 Å². The zero-order valence-electron chi connectivity index (χ0n) is 7.43. The van der Waals surface area contributed by atoms with Crippen molar-refractivity contribution in [1.29, 1.82) is 0 Å². The largest absolute Gasteiger partial charge is 0.496 e. The molecule has 0 saturated heterocycles. The number of rotatable bonds is 3. The highest BCUT2D eigenvalue weighted by molar-refractivity contribution is 6.17. The van der Waals surface area contributed by atoms with Gasteiger partial charge in [-0.3, -0.25) is 0 Å². The van der Waals surface area contributed by atoms with Gasteiger partial charge in [0.15, 0.2) is 0 Å². The Kier molecular flexibility index (Phi) is 3.46. The summed E-state index contributed by atoms with van der Waals surface area (Å²) in [5.41, 5.74) is 5.46. The zero-order chi connectivity index (χ0) is 10.7. The van der Waals surface area contributed by atoms with Crippen LogP contribution in [0.2, 0.25) is 0 Å². The van der Waals surface area contributed by atoms with Crippen LogP contribution < -0.4 is 10.5 Å². The molecule has 3 nitrogen and oxygen atoms in total. The summed E-state index contributed by atoms with van der Waals surface area (Å²) in [6, 6.07) is 1.14. The number of nitrogen functional groups attached to an aromatic ring is 1. The molecule has 0 saturated carbocycles. The highest BCUT2D eigenvalue weighted by Crippen LogP contribution is 2.29. The Morgan fingerprint density at radius 3 is 2.71 bits per heavy atom. The molecule has 1 aromatic heterocycles. The van der Waals surface area contributed by atoms with Gasteiger partial charge in [0.05, 0.1) is 18.6 Å². The molecule has 14 heavy (non-hydrogen) atoms. The summed E-state index contributed by atoms with van der Waals surface area (Å²) in [6.07, 6.45) is -2.67. The fourth-order valence-corrected chi connectivity index (χ4v) is 1.28. The van der Waals surface area contributed by atoms with Crippen LogP contribution in [0, 0.1) is 0 Å². The summed E-state index contributed by atoms with van der Waals surface area (Å²) < 4.78 is 29.5. The van der Waals surface area contributed by atoms with Crippen molar-refractivity contribution in [2.45, 2.75) is 12.3 Å². The molecule has 0 aliphatic rings. The summed E-state index contributed by atoms with van der Waals surface area (Å²) in [5, 5.41) is 0. The molecule has 0 aromatic carbocycles. The maximum Gasteiger partial charge on any atom is 0.280 e. The predicted octanol–water partition coefficient (Wildman–Crippen LogP) is 2.35. The predicted molar refractivity (Wildman–Crippen MR) is 49.7 cm³/mol. The Morgan fingerprint density at radius 2 is 2.29 bits per heavy atom. The zero-order valence-corrected chi connectivity index (χ0v) is 8.18. The maximum absolute atomic E-state index is 12.3. The average molecular weight is 223 g/mol. The minimum atomic E-state index is -2.67. The number of ether oxygens (including phenoxy) is 1. The lowest BCUT2D eigenvalue weighted by Gasteiger charge is -2.10. The van der Waals surface area contributed by atoms with E-state index in [0.29, 0.717) is 5.56 Å². The molecule has 0 bridgehead atoms. The molecule has 0 fully saturated rings. The molecule has 6 heteroatoms. The van der Waals surface area contributed by atoms with Crippen LogP contribution in [0.3, 0.4) is 0 Å². The smallest absolute Gasteiger partial charge is 0.280 e. The van der Waals surface area contributed by atoms with E-state index in [1.807, 2.05) is 0 Å². The standard InChI is InChI=1S/C8H9ClF2N2O/c1-14-6-2-5(7(10)11)13-8(12)4(6)3-9/h2,7H,3H2,1H3,(H2,12,13).